The lowest BCUT2D eigenvalue weighted by Crippen LogP contribution is -2.24. The van der Waals surface area contributed by atoms with Crippen LogP contribution in [0.4, 0.5) is 5.69 Å². The summed E-state index contributed by atoms with van der Waals surface area (Å²) in [5.41, 5.74) is 3.26. The van der Waals surface area contributed by atoms with Gasteiger partial charge >= 0.3 is 0 Å². The Morgan fingerprint density at radius 2 is 1.67 bits per heavy atom. The fourth-order valence-electron chi connectivity index (χ4n) is 2.54. The van der Waals surface area contributed by atoms with Gasteiger partial charge in [-0.2, -0.15) is 5.10 Å². The van der Waals surface area contributed by atoms with Crippen LogP contribution in [0.2, 0.25) is 0 Å². The van der Waals surface area contributed by atoms with Crippen LogP contribution in [-0.4, -0.2) is 23.7 Å². The first-order chi connectivity index (χ1) is 14.4. The highest BCUT2D eigenvalue weighted by Crippen LogP contribution is 2.28. The Morgan fingerprint density at radius 1 is 1.00 bits per heavy atom. The molecule has 3 rings (SSSR count). The fraction of sp³-hybridized carbons (Fsp3) is 0.0476. The lowest BCUT2D eigenvalue weighted by Gasteiger charge is -2.15. The molecule has 0 atom stereocenters. The number of hydrogen-bond acceptors (Lipinski definition) is 7. The fourth-order valence-corrected chi connectivity index (χ4v) is 2.54. The molecule has 0 aliphatic heterocycles. The molecule has 30 heavy (non-hydrogen) atoms. The van der Waals surface area contributed by atoms with Crippen LogP contribution in [0.15, 0.2) is 71.8 Å². The molecule has 0 saturated carbocycles. The summed E-state index contributed by atoms with van der Waals surface area (Å²) in [6.07, 6.45) is 0.932. The van der Waals surface area contributed by atoms with Crippen LogP contribution in [0.5, 0.6) is 17.2 Å². The first-order valence-corrected chi connectivity index (χ1v) is 8.70. The van der Waals surface area contributed by atoms with Crippen LogP contribution >= 0.6 is 0 Å². The molecule has 0 aromatic heterocycles. The average molecular weight is 405 g/mol. The zero-order valence-electron chi connectivity index (χ0n) is 15.5. The minimum absolute atomic E-state index is 0.195. The Morgan fingerprint density at radius 3 is 2.33 bits per heavy atom. The molecule has 0 unspecified atom stereocenters. The molecule has 0 aliphatic carbocycles. The van der Waals surface area contributed by atoms with Gasteiger partial charge < -0.3 is 14.9 Å². The third kappa shape index (κ3) is 5.10. The van der Waals surface area contributed by atoms with Gasteiger partial charge in [-0.25, -0.2) is 5.43 Å². The van der Waals surface area contributed by atoms with E-state index in [9.17, 15) is 25.1 Å². The number of benzene rings is 3. The zero-order valence-corrected chi connectivity index (χ0v) is 15.5. The third-order valence-corrected chi connectivity index (χ3v) is 4.01. The van der Waals surface area contributed by atoms with Gasteiger partial charge in [0.05, 0.1) is 11.1 Å². The largest absolute Gasteiger partial charge is 0.872 e. The first kappa shape index (κ1) is 20.3. The van der Waals surface area contributed by atoms with Crippen molar-refractivity contribution in [3.05, 3.63) is 82.4 Å². The van der Waals surface area contributed by atoms with E-state index in [0.717, 1.165) is 23.4 Å². The van der Waals surface area contributed by atoms with E-state index < -0.39 is 28.0 Å². The Hall–Kier alpha value is -4.40. The molecule has 9 heteroatoms. The van der Waals surface area contributed by atoms with Gasteiger partial charge in [0.15, 0.2) is 6.61 Å². The van der Waals surface area contributed by atoms with Crippen molar-refractivity contribution in [2.75, 3.05) is 6.61 Å². The molecule has 1 amide bonds. The highest BCUT2D eigenvalue weighted by molar-refractivity contribution is 5.86. The molecule has 0 bridgehead atoms. The predicted octanol–water partition coefficient (Wildman–Crippen LogP) is 1.94. The maximum Gasteiger partial charge on any atom is 0.277 e. The molecule has 0 saturated heterocycles. The Kier molecular flexibility index (Phi) is 6.23. The summed E-state index contributed by atoms with van der Waals surface area (Å²) in [6, 6.07) is 18.4. The van der Waals surface area contributed by atoms with Crippen LogP contribution in [0.25, 0.3) is 11.1 Å². The van der Waals surface area contributed by atoms with Gasteiger partial charge in [0.2, 0.25) is 0 Å². The summed E-state index contributed by atoms with van der Waals surface area (Å²) in [4.78, 5) is 21.7. The minimum Gasteiger partial charge on any atom is -0.872 e. The topological polar surface area (TPSA) is 140 Å². The number of ether oxygens (including phenoxy) is 1. The van der Waals surface area contributed by atoms with E-state index in [-0.39, 0.29) is 12.2 Å². The quantitative estimate of drug-likeness (QED) is 0.362. The summed E-state index contributed by atoms with van der Waals surface area (Å²) in [5.74, 6) is -1.84. The Balaban J connectivity index is 1.54. The summed E-state index contributed by atoms with van der Waals surface area (Å²) in [6.45, 7) is -0.327. The second kappa shape index (κ2) is 9.20. The summed E-state index contributed by atoms with van der Waals surface area (Å²) < 4.78 is 5.37. The van der Waals surface area contributed by atoms with Crippen molar-refractivity contribution in [3.63, 3.8) is 0 Å². The summed E-state index contributed by atoms with van der Waals surface area (Å²) >= 11 is 0. The maximum absolute atomic E-state index is 11.8. The zero-order chi connectivity index (χ0) is 21.5. The van der Waals surface area contributed by atoms with Gasteiger partial charge in [-0.05, 0) is 34.6 Å². The molecule has 1 N–H and O–H groups in total. The van der Waals surface area contributed by atoms with E-state index in [1.807, 2.05) is 42.5 Å². The first-order valence-electron chi connectivity index (χ1n) is 8.70. The monoisotopic (exact) mass is 405 g/mol. The number of rotatable bonds is 7. The SMILES string of the molecule is O=C(COc1ccc(-c2ccccc2)cc1)N/N=C\c1cc([N+](=O)[O-])c([O-])cc1[O-]. The number of nitro benzene ring substituents is 1. The number of amides is 1. The van der Waals surface area contributed by atoms with E-state index in [2.05, 4.69) is 10.5 Å². The molecular weight excluding hydrogens is 390 g/mol. The van der Waals surface area contributed by atoms with Crippen molar-refractivity contribution in [2.24, 2.45) is 5.10 Å². The molecule has 0 fully saturated rings. The molecule has 3 aromatic carbocycles. The van der Waals surface area contributed by atoms with Crippen molar-refractivity contribution in [3.8, 4) is 28.4 Å². The molecule has 3 aromatic rings. The Labute approximate surface area is 171 Å². The molecule has 0 heterocycles. The number of hydrogen-bond donors (Lipinski definition) is 1. The number of carbonyl (C=O) groups excluding carboxylic acids is 1. The molecule has 0 aliphatic rings. The summed E-state index contributed by atoms with van der Waals surface area (Å²) in [5, 5.41) is 37.4. The molecule has 0 spiro atoms. The normalized spacial score (nSPS) is 10.7. The summed E-state index contributed by atoms with van der Waals surface area (Å²) in [7, 11) is 0. The number of nitrogens with zero attached hydrogens (tertiary/aromatic N) is 2. The molecule has 0 radical (unpaired) electrons. The van der Waals surface area contributed by atoms with Gasteiger partial charge in [0.25, 0.3) is 11.6 Å². The van der Waals surface area contributed by atoms with Crippen LogP contribution < -0.4 is 20.4 Å². The lowest BCUT2D eigenvalue weighted by molar-refractivity contribution is -0.398. The molecule has 9 nitrogen and oxygen atoms in total. The van der Waals surface area contributed by atoms with E-state index in [0.29, 0.717) is 11.8 Å². The van der Waals surface area contributed by atoms with E-state index in [4.69, 9.17) is 4.74 Å². The van der Waals surface area contributed by atoms with E-state index in [1.54, 1.807) is 12.1 Å². The second-order valence-electron chi connectivity index (χ2n) is 6.09. The average Bonchev–Trinajstić information content (AvgIpc) is 2.74. The van der Waals surface area contributed by atoms with Crippen molar-refractivity contribution >= 4 is 17.8 Å². The highest BCUT2D eigenvalue weighted by atomic mass is 16.6. The minimum atomic E-state index is -0.988. The van der Waals surface area contributed by atoms with E-state index in [1.165, 1.54) is 0 Å². The number of nitrogens with one attached hydrogen (secondary N) is 1. The Bertz CT molecular complexity index is 1080. The van der Waals surface area contributed by atoms with Gasteiger partial charge in [0, 0.05) is 6.07 Å². The van der Waals surface area contributed by atoms with Crippen LogP contribution in [0.3, 0.4) is 0 Å². The van der Waals surface area contributed by atoms with Crippen molar-refractivity contribution in [2.45, 2.75) is 0 Å². The number of nitro groups is 1. The standard InChI is InChI=1S/C21H17N3O6/c25-19-11-20(26)18(24(28)29)10-16(19)12-22-23-21(27)13-30-17-8-6-15(7-9-17)14-4-2-1-3-5-14/h1-12,25-26H,13H2,(H,23,27)/p-2/b22-12-. The van der Waals surface area contributed by atoms with Crippen LogP contribution in [0, 0.1) is 10.1 Å². The van der Waals surface area contributed by atoms with E-state index >= 15 is 0 Å². The van der Waals surface area contributed by atoms with Crippen LogP contribution in [0.1, 0.15) is 5.56 Å². The maximum atomic E-state index is 11.8. The van der Waals surface area contributed by atoms with Gasteiger partial charge in [-0.15, -0.1) is 5.75 Å². The van der Waals surface area contributed by atoms with Gasteiger partial charge in [0.1, 0.15) is 5.75 Å². The molecule has 152 valence electrons. The van der Waals surface area contributed by atoms with Crippen molar-refractivity contribution in [1.82, 2.24) is 5.43 Å². The number of hydrazone groups is 1. The number of carbonyl (C=O) groups is 1. The van der Waals surface area contributed by atoms with Crippen molar-refractivity contribution < 1.29 is 24.7 Å². The van der Waals surface area contributed by atoms with Crippen molar-refractivity contribution in [1.29, 1.82) is 0 Å². The van der Waals surface area contributed by atoms with Crippen LogP contribution in [-0.2, 0) is 4.79 Å². The molecular formula is C21H15N3O6-2. The van der Waals surface area contributed by atoms with Gasteiger partial charge in [-0.1, -0.05) is 48.5 Å². The predicted molar refractivity (Wildman–Crippen MR) is 105 cm³/mol. The second-order valence-corrected chi connectivity index (χ2v) is 6.09. The lowest BCUT2D eigenvalue weighted by atomic mass is 10.1. The smallest absolute Gasteiger partial charge is 0.277 e. The highest BCUT2D eigenvalue weighted by Gasteiger charge is 2.08. The third-order valence-electron chi connectivity index (χ3n) is 4.01. The van der Waals surface area contributed by atoms with Gasteiger partial charge in [-0.3, -0.25) is 14.9 Å².